The van der Waals surface area contributed by atoms with E-state index >= 15 is 0 Å². The Morgan fingerprint density at radius 3 is 2.88 bits per heavy atom. The first-order chi connectivity index (χ1) is 12.2. The Bertz CT molecular complexity index is 754. The van der Waals surface area contributed by atoms with Crippen LogP contribution in [0.4, 0.5) is 5.69 Å². The van der Waals surface area contributed by atoms with Crippen LogP contribution in [0.2, 0.25) is 5.02 Å². The third-order valence-corrected chi connectivity index (χ3v) is 3.93. The van der Waals surface area contributed by atoms with Gasteiger partial charge in [-0.1, -0.05) is 23.7 Å². The van der Waals surface area contributed by atoms with Crippen LogP contribution in [0.5, 0.6) is 17.2 Å². The Balaban J connectivity index is 1.47. The molecule has 0 spiro atoms. The van der Waals surface area contributed by atoms with Gasteiger partial charge in [0.15, 0.2) is 11.5 Å². The second kappa shape index (κ2) is 7.98. The summed E-state index contributed by atoms with van der Waals surface area (Å²) in [5.74, 6) is 1.87. The highest BCUT2D eigenvalue weighted by Crippen LogP contribution is 2.30. The molecule has 3 rings (SSSR count). The molecule has 2 aromatic rings. The molecule has 1 atom stereocenters. The standard InChI is InChI=1S/C18H19ClN2O4/c1-23-15-7-6-12(19)8-14(15)20-10-18(22)21-9-13-11-24-16-4-2-3-5-17(16)25-13/h2-8,13,20H,9-11H2,1H3,(H,21,22)/t13-/m1/s1. The van der Waals surface area contributed by atoms with Crippen molar-refractivity contribution in [1.82, 2.24) is 5.32 Å². The van der Waals surface area contributed by atoms with Gasteiger partial charge in [0.1, 0.15) is 18.5 Å². The molecule has 0 aromatic heterocycles. The third-order valence-electron chi connectivity index (χ3n) is 3.70. The van der Waals surface area contributed by atoms with Gasteiger partial charge in [-0.15, -0.1) is 0 Å². The Morgan fingerprint density at radius 1 is 1.28 bits per heavy atom. The summed E-state index contributed by atoms with van der Waals surface area (Å²) in [5, 5.41) is 6.40. The van der Waals surface area contributed by atoms with E-state index in [1.54, 1.807) is 25.3 Å². The molecule has 0 saturated heterocycles. The van der Waals surface area contributed by atoms with Crippen molar-refractivity contribution >= 4 is 23.2 Å². The van der Waals surface area contributed by atoms with Gasteiger partial charge in [0.2, 0.25) is 5.91 Å². The first-order valence-electron chi connectivity index (χ1n) is 7.88. The lowest BCUT2D eigenvalue weighted by atomic mass is 10.2. The van der Waals surface area contributed by atoms with Crippen molar-refractivity contribution < 1.29 is 19.0 Å². The molecule has 0 unspecified atom stereocenters. The van der Waals surface area contributed by atoms with E-state index in [4.69, 9.17) is 25.8 Å². The fourth-order valence-electron chi connectivity index (χ4n) is 2.45. The average Bonchev–Trinajstić information content (AvgIpc) is 2.64. The maximum Gasteiger partial charge on any atom is 0.239 e. The number of fused-ring (bicyclic) bond motifs is 1. The minimum atomic E-state index is -0.223. The number of methoxy groups -OCH3 is 1. The molecule has 1 amide bonds. The van der Waals surface area contributed by atoms with Crippen molar-refractivity contribution in [3.63, 3.8) is 0 Å². The van der Waals surface area contributed by atoms with Gasteiger partial charge in [0, 0.05) is 5.02 Å². The van der Waals surface area contributed by atoms with Gasteiger partial charge in [0.25, 0.3) is 0 Å². The molecule has 0 fully saturated rings. The Kier molecular flexibility index (Phi) is 5.50. The molecule has 0 aliphatic carbocycles. The van der Waals surface area contributed by atoms with Crippen molar-refractivity contribution in [2.45, 2.75) is 6.10 Å². The Hall–Kier alpha value is -2.60. The zero-order valence-corrected chi connectivity index (χ0v) is 14.5. The van der Waals surface area contributed by atoms with Crippen molar-refractivity contribution in [2.75, 3.05) is 32.1 Å². The molecular weight excluding hydrogens is 344 g/mol. The SMILES string of the molecule is COc1ccc(Cl)cc1NCC(=O)NC[C@@H]1COc2ccccc2O1. The fraction of sp³-hybridized carbons (Fsp3) is 0.278. The van der Waals surface area contributed by atoms with Crippen molar-refractivity contribution in [2.24, 2.45) is 0 Å². The topological polar surface area (TPSA) is 68.8 Å². The first-order valence-corrected chi connectivity index (χ1v) is 8.26. The highest BCUT2D eigenvalue weighted by atomic mass is 35.5. The number of hydrogen-bond donors (Lipinski definition) is 2. The first kappa shape index (κ1) is 17.2. The molecule has 6 nitrogen and oxygen atoms in total. The summed E-state index contributed by atoms with van der Waals surface area (Å²) >= 11 is 5.97. The number of halogens is 1. The van der Waals surface area contributed by atoms with E-state index in [2.05, 4.69) is 10.6 Å². The molecule has 1 aliphatic rings. The summed E-state index contributed by atoms with van der Waals surface area (Å²) in [6, 6.07) is 12.6. The van der Waals surface area contributed by atoms with Crippen molar-refractivity contribution in [3.8, 4) is 17.2 Å². The van der Waals surface area contributed by atoms with Crippen molar-refractivity contribution in [3.05, 3.63) is 47.5 Å². The zero-order chi connectivity index (χ0) is 17.6. The van der Waals surface area contributed by atoms with Crippen LogP contribution in [0.3, 0.4) is 0 Å². The van der Waals surface area contributed by atoms with E-state index in [1.807, 2.05) is 24.3 Å². The monoisotopic (exact) mass is 362 g/mol. The second-order valence-electron chi connectivity index (χ2n) is 5.50. The van der Waals surface area contributed by atoms with Gasteiger partial charge in [-0.25, -0.2) is 0 Å². The molecule has 0 radical (unpaired) electrons. The lowest BCUT2D eigenvalue weighted by Crippen LogP contribution is -2.42. The Labute approximate surface area is 151 Å². The van der Waals surface area contributed by atoms with E-state index in [9.17, 15) is 4.79 Å². The van der Waals surface area contributed by atoms with Crippen LogP contribution < -0.4 is 24.8 Å². The predicted octanol–water partition coefficient (Wildman–Crippen LogP) is 2.72. The van der Waals surface area contributed by atoms with Crippen LogP contribution in [0.1, 0.15) is 0 Å². The van der Waals surface area contributed by atoms with Gasteiger partial charge in [-0.05, 0) is 30.3 Å². The number of nitrogens with one attached hydrogen (secondary N) is 2. The quantitative estimate of drug-likeness (QED) is 0.827. The summed E-state index contributed by atoms with van der Waals surface area (Å²) in [6.45, 7) is 0.856. The minimum Gasteiger partial charge on any atom is -0.495 e. The maximum atomic E-state index is 12.0. The molecule has 1 heterocycles. The second-order valence-corrected chi connectivity index (χ2v) is 5.94. The number of para-hydroxylation sites is 2. The zero-order valence-electron chi connectivity index (χ0n) is 13.8. The number of amides is 1. The van der Waals surface area contributed by atoms with Crippen LogP contribution in [0.15, 0.2) is 42.5 Å². The number of benzene rings is 2. The largest absolute Gasteiger partial charge is 0.495 e. The predicted molar refractivity (Wildman–Crippen MR) is 95.9 cm³/mol. The van der Waals surface area contributed by atoms with Gasteiger partial charge >= 0.3 is 0 Å². The maximum absolute atomic E-state index is 12.0. The number of anilines is 1. The summed E-state index contributed by atoms with van der Waals surface area (Å²) in [4.78, 5) is 12.0. The third kappa shape index (κ3) is 4.48. The van der Waals surface area contributed by atoms with Crippen LogP contribution in [-0.4, -0.2) is 38.8 Å². The molecule has 2 N–H and O–H groups in total. The lowest BCUT2D eigenvalue weighted by Gasteiger charge is -2.26. The van der Waals surface area contributed by atoms with Gasteiger partial charge in [0.05, 0.1) is 25.9 Å². The minimum absolute atomic E-state index is 0.0981. The highest BCUT2D eigenvalue weighted by Gasteiger charge is 2.21. The van der Waals surface area contributed by atoms with Crippen LogP contribution in [0.25, 0.3) is 0 Å². The molecule has 25 heavy (non-hydrogen) atoms. The summed E-state index contributed by atoms with van der Waals surface area (Å²) in [7, 11) is 1.56. The van der Waals surface area contributed by atoms with E-state index in [1.165, 1.54) is 0 Å². The normalized spacial score (nSPS) is 15.4. The molecule has 0 saturated carbocycles. The molecule has 0 bridgehead atoms. The Morgan fingerprint density at radius 2 is 2.08 bits per heavy atom. The number of carbonyl (C=O) groups excluding carboxylic acids is 1. The van der Waals surface area contributed by atoms with Crippen LogP contribution in [-0.2, 0) is 4.79 Å². The highest BCUT2D eigenvalue weighted by molar-refractivity contribution is 6.30. The molecule has 7 heteroatoms. The number of ether oxygens (including phenoxy) is 3. The smallest absolute Gasteiger partial charge is 0.239 e. The molecule has 1 aliphatic heterocycles. The van der Waals surface area contributed by atoms with Gasteiger partial charge in [-0.2, -0.15) is 0 Å². The van der Waals surface area contributed by atoms with E-state index in [0.29, 0.717) is 35.4 Å². The van der Waals surface area contributed by atoms with E-state index in [-0.39, 0.29) is 18.6 Å². The van der Waals surface area contributed by atoms with E-state index < -0.39 is 0 Å². The fourth-order valence-corrected chi connectivity index (χ4v) is 2.62. The average molecular weight is 363 g/mol. The summed E-state index contributed by atoms with van der Waals surface area (Å²) < 4.78 is 16.6. The van der Waals surface area contributed by atoms with E-state index in [0.717, 1.165) is 5.75 Å². The number of rotatable bonds is 6. The number of hydrogen-bond acceptors (Lipinski definition) is 5. The van der Waals surface area contributed by atoms with Crippen LogP contribution in [0, 0.1) is 0 Å². The van der Waals surface area contributed by atoms with Crippen molar-refractivity contribution in [1.29, 1.82) is 0 Å². The number of carbonyl (C=O) groups is 1. The molecule has 2 aromatic carbocycles. The molecule has 132 valence electrons. The van der Waals surface area contributed by atoms with Crippen LogP contribution >= 0.6 is 11.6 Å². The molecular formula is C18H19ClN2O4. The summed E-state index contributed by atoms with van der Waals surface area (Å²) in [6.07, 6.45) is -0.223. The van der Waals surface area contributed by atoms with Gasteiger partial charge in [-0.3, -0.25) is 4.79 Å². The summed E-state index contributed by atoms with van der Waals surface area (Å²) in [5.41, 5.74) is 0.663. The van der Waals surface area contributed by atoms with Gasteiger partial charge < -0.3 is 24.8 Å². The lowest BCUT2D eigenvalue weighted by molar-refractivity contribution is -0.119.